The highest BCUT2D eigenvalue weighted by Gasteiger charge is 2.28. The van der Waals surface area contributed by atoms with Crippen molar-refractivity contribution in [2.75, 3.05) is 10.8 Å². The summed E-state index contributed by atoms with van der Waals surface area (Å²) < 4.78 is 30.5. The topological polar surface area (TPSA) is 83.8 Å². The Kier molecular flexibility index (Phi) is 8.06. The Labute approximate surface area is 230 Å². The quantitative estimate of drug-likeness (QED) is 0.230. The standard InChI is InChI=1S/C31H34N4O3S/c1-21-15-16-22(2)29(17-21)34(39(37,38)28-13-8-7-9-14-28)20-30(36)33-32-19-27-18-25(5)35(26(27)6)31-23(3)11-10-12-24(31)4/h7-19H,20H2,1-6H3,(H,33,36)/b32-19-. The van der Waals surface area contributed by atoms with Gasteiger partial charge in [-0.3, -0.25) is 9.10 Å². The van der Waals surface area contributed by atoms with Gasteiger partial charge in [-0.1, -0.05) is 48.5 Å². The van der Waals surface area contributed by atoms with Crippen molar-refractivity contribution in [3.8, 4) is 5.69 Å². The fourth-order valence-electron chi connectivity index (χ4n) is 4.77. The molecule has 4 aromatic rings. The zero-order valence-electron chi connectivity index (χ0n) is 23.2. The van der Waals surface area contributed by atoms with Crippen LogP contribution in [0.15, 0.2) is 82.8 Å². The maximum Gasteiger partial charge on any atom is 0.264 e. The highest BCUT2D eigenvalue weighted by molar-refractivity contribution is 7.92. The van der Waals surface area contributed by atoms with Crippen molar-refractivity contribution < 1.29 is 13.2 Å². The minimum Gasteiger partial charge on any atom is -0.317 e. The number of anilines is 1. The molecule has 39 heavy (non-hydrogen) atoms. The van der Waals surface area contributed by atoms with E-state index in [-0.39, 0.29) is 4.90 Å². The molecule has 3 aromatic carbocycles. The fraction of sp³-hybridized carbons (Fsp3) is 0.226. The average Bonchev–Trinajstić information content (AvgIpc) is 3.17. The number of rotatable bonds is 8. The molecule has 4 rings (SSSR count). The van der Waals surface area contributed by atoms with Crippen LogP contribution in [-0.2, 0) is 14.8 Å². The van der Waals surface area contributed by atoms with Gasteiger partial charge in [0.15, 0.2) is 0 Å². The minimum atomic E-state index is -4.00. The number of aromatic nitrogens is 1. The van der Waals surface area contributed by atoms with Crippen molar-refractivity contribution in [2.24, 2.45) is 5.10 Å². The number of hydrogen-bond donors (Lipinski definition) is 1. The van der Waals surface area contributed by atoms with E-state index in [1.54, 1.807) is 30.5 Å². The molecule has 0 radical (unpaired) electrons. The van der Waals surface area contributed by atoms with Crippen LogP contribution in [0.2, 0.25) is 0 Å². The first-order chi connectivity index (χ1) is 18.5. The van der Waals surface area contributed by atoms with Gasteiger partial charge < -0.3 is 4.57 Å². The van der Waals surface area contributed by atoms with Crippen LogP contribution in [0.5, 0.6) is 0 Å². The number of nitrogens with one attached hydrogen (secondary N) is 1. The first-order valence-corrected chi connectivity index (χ1v) is 14.2. The number of para-hydroxylation sites is 1. The van der Waals surface area contributed by atoms with Crippen molar-refractivity contribution in [3.05, 3.63) is 112 Å². The normalized spacial score (nSPS) is 11.6. The summed E-state index contributed by atoms with van der Waals surface area (Å²) in [6.07, 6.45) is 1.60. The molecule has 0 saturated carbocycles. The van der Waals surface area contributed by atoms with E-state index < -0.39 is 22.5 Å². The molecule has 0 spiro atoms. The molecule has 7 nitrogen and oxygen atoms in total. The van der Waals surface area contributed by atoms with Crippen molar-refractivity contribution >= 4 is 27.8 Å². The average molecular weight is 543 g/mol. The van der Waals surface area contributed by atoms with E-state index in [2.05, 4.69) is 41.1 Å². The molecule has 0 bridgehead atoms. The molecule has 1 N–H and O–H groups in total. The lowest BCUT2D eigenvalue weighted by molar-refractivity contribution is -0.119. The third kappa shape index (κ3) is 5.81. The van der Waals surface area contributed by atoms with Crippen LogP contribution in [0.4, 0.5) is 5.69 Å². The van der Waals surface area contributed by atoms with Gasteiger partial charge in [0.05, 0.1) is 22.5 Å². The lowest BCUT2D eigenvalue weighted by Crippen LogP contribution is -2.40. The van der Waals surface area contributed by atoms with E-state index in [4.69, 9.17) is 0 Å². The molecule has 0 fully saturated rings. The molecular formula is C31H34N4O3S. The summed E-state index contributed by atoms with van der Waals surface area (Å²) in [6.45, 7) is 11.5. The second-order valence-electron chi connectivity index (χ2n) is 9.81. The Bertz CT molecular complexity index is 1630. The molecule has 202 valence electrons. The van der Waals surface area contributed by atoms with Gasteiger partial charge in [-0.15, -0.1) is 0 Å². The van der Waals surface area contributed by atoms with Gasteiger partial charge in [0.25, 0.3) is 15.9 Å². The van der Waals surface area contributed by atoms with E-state index in [0.717, 1.165) is 38.1 Å². The highest BCUT2D eigenvalue weighted by atomic mass is 32.2. The monoisotopic (exact) mass is 542 g/mol. The van der Waals surface area contributed by atoms with Crippen LogP contribution in [0, 0.1) is 41.5 Å². The molecule has 0 aliphatic carbocycles. The first-order valence-electron chi connectivity index (χ1n) is 12.7. The van der Waals surface area contributed by atoms with E-state index in [9.17, 15) is 13.2 Å². The molecule has 0 atom stereocenters. The third-order valence-electron chi connectivity index (χ3n) is 6.78. The Morgan fingerprint density at radius 1 is 0.872 bits per heavy atom. The van der Waals surface area contributed by atoms with Crippen molar-refractivity contribution in [1.29, 1.82) is 0 Å². The lowest BCUT2D eigenvalue weighted by atomic mass is 10.1. The Morgan fingerprint density at radius 3 is 2.21 bits per heavy atom. The molecule has 0 saturated heterocycles. The summed E-state index contributed by atoms with van der Waals surface area (Å²) in [6, 6.07) is 21.9. The zero-order chi connectivity index (χ0) is 28.3. The van der Waals surface area contributed by atoms with Crippen LogP contribution >= 0.6 is 0 Å². The smallest absolute Gasteiger partial charge is 0.264 e. The SMILES string of the molecule is Cc1ccc(C)c(N(CC(=O)N/N=C\c2cc(C)n(-c3c(C)cccc3C)c2C)S(=O)(=O)c2ccccc2)c1. The Hall–Kier alpha value is -4.17. The van der Waals surface area contributed by atoms with Gasteiger partial charge >= 0.3 is 0 Å². The van der Waals surface area contributed by atoms with Crippen LogP contribution < -0.4 is 9.73 Å². The molecule has 0 unspecified atom stereocenters. The number of carbonyl (C=O) groups is 1. The van der Waals surface area contributed by atoms with Crippen LogP contribution in [-0.4, -0.2) is 31.7 Å². The van der Waals surface area contributed by atoms with Gasteiger partial charge in [-0.2, -0.15) is 5.10 Å². The fourth-order valence-corrected chi connectivity index (χ4v) is 6.27. The van der Waals surface area contributed by atoms with Crippen molar-refractivity contribution in [2.45, 2.75) is 46.4 Å². The summed E-state index contributed by atoms with van der Waals surface area (Å²) in [4.78, 5) is 13.1. The van der Waals surface area contributed by atoms with Gasteiger partial charge in [-0.25, -0.2) is 13.8 Å². The highest BCUT2D eigenvalue weighted by Crippen LogP contribution is 2.28. The molecule has 1 aromatic heterocycles. The van der Waals surface area contributed by atoms with Gasteiger partial charge in [0, 0.05) is 17.0 Å². The summed E-state index contributed by atoms with van der Waals surface area (Å²) in [5.41, 5.74) is 11.0. The molecule has 1 heterocycles. The molecule has 8 heteroatoms. The van der Waals surface area contributed by atoms with Gasteiger partial charge in [0.2, 0.25) is 0 Å². The number of amides is 1. The molecule has 0 aliphatic rings. The Morgan fingerprint density at radius 2 is 1.54 bits per heavy atom. The number of carbonyl (C=O) groups excluding carboxylic acids is 1. The van der Waals surface area contributed by atoms with Crippen molar-refractivity contribution in [3.63, 3.8) is 0 Å². The van der Waals surface area contributed by atoms with E-state index >= 15 is 0 Å². The van der Waals surface area contributed by atoms with Crippen LogP contribution in [0.25, 0.3) is 5.69 Å². The van der Waals surface area contributed by atoms with Gasteiger partial charge in [-0.05, 0) is 88.1 Å². The first kappa shape index (κ1) is 27.9. The number of hydrogen-bond acceptors (Lipinski definition) is 4. The molecule has 1 amide bonds. The van der Waals surface area contributed by atoms with E-state index in [0.29, 0.717) is 5.69 Å². The van der Waals surface area contributed by atoms with Crippen molar-refractivity contribution in [1.82, 2.24) is 9.99 Å². The number of aryl methyl sites for hydroxylation is 5. The maximum absolute atomic E-state index is 13.6. The second-order valence-corrected chi connectivity index (χ2v) is 11.7. The molecular weight excluding hydrogens is 508 g/mol. The molecule has 0 aliphatic heterocycles. The van der Waals surface area contributed by atoms with Crippen LogP contribution in [0.1, 0.15) is 39.2 Å². The second kappa shape index (κ2) is 11.3. The zero-order valence-corrected chi connectivity index (χ0v) is 24.0. The van der Waals surface area contributed by atoms with E-state index in [1.165, 1.54) is 23.3 Å². The number of hydrazone groups is 1. The summed E-state index contributed by atoms with van der Waals surface area (Å²) in [5.74, 6) is -0.546. The van der Waals surface area contributed by atoms with E-state index in [1.807, 2.05) is 52.0 Å². The Balaban J connectivity index is 1.60. The lowest BCUT2D eigenvalue weighted by Gasteiger charge is -2.25. The number of sulfonamides is 1. The number of nitrogens with zero attached hydrogens (tertiary/aromatic N) is 3. The summed E-state index contributed by atoms with van der Waals surface area (Å²) >= 11 is 0. The van der Waals surface area contributed by atoms with Crippen LogP contribution in [0.3, 0.4) is 0 Å². The summed E-state index contributed by atoms with van der Waals surface area (Å²) in [7, 11) is -4.00. The summed E-state index contributed by atoms with van der Waals surface area (Å²) in [5, 5.41) is 4.18. The number of benzene rings is 3. The third-order valence-corrected chi connectivity index (χ3v) is 8.55. The minimum absolute atomic E-state index is 0.112. The maximum atomic E-state index is 13.6. The largest absolute Gasteiger partial charge is 0.317 e. The predicted molar refractivity (Wildman–Crippen MR) is 157 cm³/mol. The predicted octanol–water partition coefficient (Wildman–Crippen LogP) is 5.67. The van der Waals surface area contributed by atoms with Gasteiger partial charge in [0.1, 0.15) is 6.54 Å².